The lowest BCUT2D eigenvalue weighted by atomic mass is 10.3. The quantitative estimate of drug-likeness (QED) is 0.789. The predicted octanol–water partition coefficient (Wildman–Crippen LogP) is 0.817. The maximum atomic E-state index is 10.7. The Morgan fingerprint density at radius 3 is 3.06 bits per heavy atom. The van der Waals surface area contributed by atoms with Gasteiger partial charge in [0.2, 0.25) is 5.89 Å². The van der Waals surface area contributed by atoms with Gasteiger partial charge in [-0.1, -0.05) is 11.2 Å². The molecule has 2 aromatic rings. The van der Waals surface area contributed by atoms with Gasteiger partial charge in [0.05, 0.1) is 0 Å². The van der Waals surface area contributed by atoms with E-state index in [1.807, 2.05) is 0 Å². The van der Waals surface area contributed by atoms with Crippen LogP contribution in [0.15, 0.2) is 29.0 Å². The van der Waals surface area contributed by atoms with Crippen molar-refractivity contribution >= 4 is 11.8 Å². The molecule has 0 atom stereocenters. The summed E-state index contributed by atoms with van der Waals surface area (Å²) in [5, 5.41) is 15.2. The lowest BCUT2D eigenvalue weighted by Gasteiger charge is -2.03. The Bertz CT molecular complexity index is 498. The first-order valence-corrected chi connectivity index (χ1v) is 4.95. The molecule has 0 amide bonds. The van der Waals surface area contributed by atoms with Crippen LogP contribution < -0.4 is 5.32 Å². The molecule has 88 valence electrons. The highest BCUT2D eigenvalue weighted by Crippen LogP contribution is 2.05. The first-order valence-electron chi connectivity index (χ1n) is 4.95. The van der Waals surface area contributed by atoms with E-state index in [9.17, 15) is 4.79 Å². The van der Waals surface area contributed by atoms with Gasteiger partial charge >= 0.3 is 5.97 Å². The van der Waals surface area contributed by atoms with Gasteiger partial charge in [-0.15, -0.1) is 0 Å². The fourth-order valence-corrected chi connectivity index (χ4v) is 1.26. The van der Waals surface area contributed by atoms with Crippen LogP contribution in [0.1, 0.15) is 16.4 Å². The van der Waals surface area contributed by atoms with Crippen LogP contribution in [0, 0.1) is 0 Å². The molecule has 0 spiro atoms. The van der Waals surface area contributed by atoms with Crippen LogP contribution in [0.2, 0.25) is 0 Å². The van der Waals surface area contributed by atoms with Crippen LogP contribution >= 0.6 is 0 Å². The van der Waals surface area contributed by atoms with Crippen LogP contribution in [0.4, 0.5) is 5.82 Å². The molecule has 0 saturated heterocycles. The van der Waals surface area contributed by atoms with Gasteiger partial charge in [-0.05, 0) is 12.1 Å². The zero-order valence-electron chi connectivity index (χ0n) is 8.83. The second-order valence-electron chi connectivity index (χ2n) is 3.23. The number of rotatable bonds is 5. The first kappa shape index (κ1) is 11.1. The summed E-state index contributed by atoms with van der Waals surface area (Å²) in [4.78, 5) is 18.5. The van der Waals surface area contributed by atoms with E-state index in [-0.39, 0.29) is 5.69 Å². The van der Waals surface area contributed by atoms with Crippen molar-refractivity contribution in [1.29, 1.82) is 0 Å². The minimum Gasteiger partial charge on any atom is -0.477 e. The number of aromatic nitrogens is 3. The lowest BCUT2D eigenvalue weighted by molar-refractivity contribution is 0.0690. The van der Waals surface area contributed by atoms with E-state index in [4.69, 9.17) is 9.63 Å². The molecule has 0 aliphatic rings. The largest absolute Gasteiger partial charge is 0.477 e. The molecule has 2 heterocycles. The third kappa shape index (κ3) is 3.00. The molecular weight excluding hydrogens is 224 g/mol. The molecule has 0 unspecified atom stereocenters. The van der Waals surface area contributed by atoms with Gasteiger partial charge in [0.15, 0.2) is 12.0 Å². The number of nitrogens with one attached hydrogen (secondary N) is 1. The van der Waals surface area contributed by atoms with Crippen LogP contribution in [0.25, 0.3) is 0 Å². The number of nitrogens with zero attached hydrogens (tertiary/aromatic N) is 3. The fraction of sp³-hybridized carbons (Fsp3) is 0.200. The summed E-state index contributed by atoms with van der Waals surface area (Å²) in [6.45, 7) is 0.540. The number of carboxylic acid groups (broad SMARTS) is 1. The topological polar surface area (TPSA) is 101 Å². The van der Waals surface area contributed by atoms with Crippen LogP contribution in [0.3, 0.4) is 0 Å². The molecule has 0 radical (unpaired) electrons. The number of carbonyl (C=O) groups is 1. The first-order chi connectivity index (χ1) is 8.25. The van der Waals surface area contributed by atoms with Crippen molar-refractivity contribution in [2.45, 2.75) is 6.42 Å². The zero-order chi connectivity index (χ0) is 12.1. The Balaban J connectivity index is 1.90. The van der Waals surface area contributed by atoms with Crippen molar-refractivity contribution in [3.63, 3.8) is 0 Å². The number of carboxylic acids is 1. The number of anilines is 1. The monoisotopic (exact) mass is 234 g/mol. The van der Waals surface area contributed by atoms with Crippen LogP contribution in [-0.2, 0) is 6.42 Å². The summed E-state index contributed by atoms with van der Waals surface area (Å²) < 4.78 is 4.82. The maximum Gasteiger partial charge on any atom is 0.354 e. The highest BCUT2D eigenvalue weighted by atomic mass is 16.5. The molecule has 0 saturated carbocycles. The smallest absolute Gasteiger partial charge is 0.354 e. The minimum atomic E-state index is -1.05. The zero-order valence-corrected chi connectivity index (χ0v) is 8.83. The molecule has 17 heavy (non-hydrogen) atoms. The summed E-state index contributed by atoms with van der Waals surface area (Å²) in [6.07, 6.45) is 1.89. The average molecular weight is 234 g/mol. The van der Waals surface area contributed by atoms with Gasteiger partial charge in [-0.2, -0.15) is 4.98 Å². The Labute approximate surface area is 96.5 Å². The van der Waals surface area contributed by atoms with E-state index in [2.05, 4.69) is 20.4 Å². The molecular formula is C10H10N4O3. The molecule has 0 aliphatic heterocycles. The second kappa shape index (κ2) is 5.06. The Morgan fingerprint density at radius 1 is 1.47 bits per heavy atom. The summed E-state index contributed by atoms with van der Waals surface area (Å²) in [5.74, 6) is -0.0261. The fourth-order valence-electron chi connectivity index (χ4n) is 1.26. The highest BCUT2D eigenvalue weighted by molar-refractivity contribution is 5.85. The molecule has 2 rings (SSSR count). The summed E-state index contributed by atoms with van der Waals surface area (Å²) in [6, 6.07) is 4.76. The Kier molecular flexibility index (Phi) is 3.29. The molecule has 2 N–H and O–H groups in total. The number of hydrogen-bond acceptors (Lipinski definition) is 6. The van der Waals surface area contributed by atoms with E-state index in [0.717, 1.165) is 0 Å². The van der Waals surface area contributed by atoms with Crippen LogP contribution in [0.5, 0.6) is 0 Å². The van der Waals surface area contributed by atoms with Crippen molar-refractivity contribution in [2.24, 2.45) is 0 Å². The third-order valence-electron chi connectivity index (χ3n) is 2.02. The number of aromatic carboxylic acids is 1. The molecule has 0 aromatic carbocycles. The van der Waals surface area contributed by atoms with E-state index >= 15 is 0 Å². The van der Waals surface area contributed by atoms with Crippen molar-refractivity contribution in [1.82, 2.24) is 15.1 Å². The molecule has 0 fully saturated rings. The van der Waals surface area contributed by atoms with Crippen molar-refractivity contribution in [3.05, 3.63) is 36.1 Å². The maximum absolute atomic E-state index is 10.7. The van der Waals surface area contributed by atoms with Gasteiger partial charge in [-0.25, -0.2) is 9.78 Å². The summed E-state index contributed by atoms with van der Waals surface area (Å²) >= 11 is 0. The van der Waals surface area contributed by atoms with Gasteiger partial charge < -0.3 is 14.9 Å². The SMILES string of the molecule is O=C(O)c1cccc(NCCc2ncno2)n1. The van der Waals surface area contributed by atoms with Gasteiger partial charge in [0, 0.05) is 13.0 Å². The van der Waals surface area contributed by atoms with E-state index < -0.39 is 5.97 Å². The average Bonchev–Trinajstić information content (AvgIpc) is 2.82. The number of pyridine rings is 1. The summed E-state index contributed by atoms with van der Waals surface area (Å²) in [7, 11) is 0. The molecule has 0 aliphatic carbocycles. The van der Waals surface area contributed by atoms with E-state index in [1.165, 1.54) is 12.4 Å². The third-order valence-corrected chi connectivity index (χ3v) is 2.02. The van der Waals surface area contributed by atoms with Crippen molar-refractivity contribution in [2.75, 3.05) is 11.9 Å². The van der Waals surface area contributed by atoms with Crippen molar-refractivity contribution in [3.8, 4) is 0 Å². The lowest BCUT2D eigenvalue weighted by Crippen LogP contribution is -2.08. The van der Waals surface area contributed by atoms with E-state index in [0.29, 0.717) is 24.7 Å². The molecule has 0 bridgehead atoms. The highest BCUT2D eigenvalue weighted by Gasteiger charge is 2.05. The van der Waals surface area contributed by atoms with E-state index in [1.54, 1.807) is 12.1 Å². The predicted molar refractivity (Wildman–Crippen MR) is 57.7 cm³/mol. The number of hydrogen-bond donors (Lipinski definition) is 2. The summed E-state index contributed by atoms with van der Waals surface area (Å²) in [5.41, 5.74) is 0.00721. The molecule has 7 nitrogen and oxygen atoms in total. The second-order valence-corrected chi connectivity index (χ2v) is 3.23. The Hall–Kier alpha value is -2.44. The Morgan fingerprint density at radius 2 is 2.35 bits per heavy atom. The molecule has 7 heteroatoms. The van der Waals surface area contributed by atoms with Crippen LogP contribution in [-0.4, -0.2) is 32.7 Å². The normalized spacial score (nSPS) is 10.1. The van der Waals surface area contributed by atoms with Crippen molar-refractivity contribution < 1.29 is 14.4 Å². The van der Waals surface area contributed by atoms with Gasteiger partial charge in [-0.3, -0.25) is 0 Å². The molecule has 2 aromatic heterocycles. The van der Waals surface area contributed by atoms with Gasteiger partial charge in [0.25, 0.3) is 0 Å². The standard InChI is InChI=1S/C10H10N4O3/c15-10(16)7-2-1-3-8(14-7)11-5-4-9-12-6-13-17-9/h1-3,6H,4-5H2,(H,11,14)(H,15,16). The van der Waals surface area contributed by atoms with Gasteiger partial charge in [0.1, 0.15) is 5.82 Å². The minimum absolute atomic E-state index is 0.00721.